The van der Waals surface area contributed by atoms with Crippen molar-refractivity contribution >= 4 is 0 Å². The van der Waals surface area contributed by atoms with Gasteiger partial charge < -0.3 is 5.11 Å². The molecule has 1 heterocycles. The third-order valence-corrected chi connectivity index (χ3v) is 1.14. The molecule has 4 nitrogen and oxygen atoms in total. The highest BCUT2D eigenvalue weighted by Gasteiger charge is 1.91. The van der Waals surface area contributed by atoms with Crippen LogP contribution in [0.3, 0.4) is 0 Å². The van der Waals surface area contributed by atoms with Gasteiger partial charge in [-0.25, -0.2) is 0 Å². The summed E-state index contributed by atoms with van der Waals surface area (Å²) in [5, 5.41) is 18.2. The smallest absolute Gasteiger partial charge is 0.0827 e. The molecule has 0 aliphatic carbocycles. The Kier molecular flexibility index (Phi) is 2.49. The molecule has 0 unspecified atom stereocenters. The number of hydrogen-bond donors (Lipinski definition) is 2. The summed E-state index contributed by atoms with van der Waals surface area (Å²) in [5.74, 6) is 0. The van der Waals surface area contributed by atoms with E-state index in [1.165, 1.54) is 0 Å². The van der Waals surface area contributed by atoms with Crippen molar-refractivity contribution in [2.75, 3.05) is 0 Å². The molecule has 0 fully saturated rings. The van der Waals surface area contributed by atoms with Crippen LogP contribution in [-0.4, -0.2) is 20.5 Å². The van der Waals surface area contributed by atoms with Crippen LogP contribution in [0.15, 0.2) is 18.5 Å². The minimum atomic E-state index is 0.795. The van der Waals surface area contributed by atoms with Gasteiger partial charge in [-0.05, 0) is 18.9 Å². The Bertz CT molecular complexity index is 193. The monoisotopic (exact) mass is 139 g/mol. The summed E-state index contributed by atoms with van der Waals surface area (Å²) in [7, 11) is 0. The first-order chi connectivity index (χ1) is 4.93. The Balaban J connectivity index is 2.28. The Labute approximate surface area is 58.6 Å². The Hall–Kier alpha value is -1.32. The lowest BCUT2D eigenvalue weighted by atomic mass is 10.2. The topological polar surface area (TPSA) is 61.8 Å². The van der Waals surface area contributed by atoms with Crippen molar-refractivity contribution in [3.63, 3.8) is 0 Å². The number of rotatable bonds is 3. The lowest BCUT2D eigenvalue weighted by Gasteiger charge is -1.85. The van der Waals surface area contributed by atoms with Gasteiger partial charge in [0.2, 0.25) is 0 Å². The van der Waals surface area contributed by atoms with Gasteiger partial charge in [-0.2, -0.15) is 0 Å². The molecule has 1 aromatic rings. The van der Waals surface area contributed by atoms with E-state index in [1.807, 2.05) is 0 Å². The normalized spacial score (nSPS) is 10.8. The van der Waals surface area contributed by atoms with Crippen LogP contribution in [0.25, 0.3) is 0 Å². The van der Waals surface area contributed by atoms with E-state index in [-0.39, 0.29) is 0 Å². The van der Waals surface area contributed by atoms with Crippen molar-refractivity contribution in [2.24, 2.45) is 0 Å². The molecule has 0 aromatic carbocycles. The van der Waals surface area contributed by atoms with Crippen LogP contribution in [-0.2, 0) is 6.42 Å². The number of aryl methyl sites for hydroxylation is 1. The first-order valence-corrected chi connectivity index (χ1v) is 3.08. The number of aromatic amines is 1. The summed E-state index contributed by atoms with van der Waals surface area (Å²) in [5.41, 5.74) is 0.915. The van der Waals surface area contributed by atoms with Crippen molar-refractivity contribution in [1.29, 1.82) is 0 Å². The molecule has 54 valence electrons. The predicted molar refractivity (Wildman–Crippen MR) is 36.5 cm³/mol. The number of H-pyrrole nitrogens is 1. The lowest BCUT2D eigenvalue weighted by Crippen LogP contribution is -1.82. The van der Waals surface area contributed by atoms with Gasteiger partial charge in [-0.15, -0.1) is 5.10 Å². The highest BCUT2D eigenvalue weighted by atomic mass is 16.2. The van der Waals surface area contributed by atoms with E-state index in [0.29, 0.717) is 0 Å². The molecule has 4 heteroatoms. The standard InChI is InChI=1S/C6H9N3O/c10-4-2-1-3-6-5-7-9-8-6/h2,4-5,10H,1,3H2,(H,7,8,9). The van der Waals surface area contributed by atoms with Gasteiger partial charge >= 0.3 is 0 Å². The Morgan fingerprint density at radius 2 is 2.60 bits per heavy atom. The third-order valence-electron chi connectivity index (χ3n) is 1.14. The number of allylic oxidation sites excluding steroid dienone is 1. The fourth-order valence-electron chi connectivity index (χ4n) is 0.653. The summed E-state index contributed by atoms with van der Waals surface area (Å²) in [6.45, 7) is 0. The van der Waals surface area contributed by atoms with E-state index in [9.17, 15) is 0 Å². The van der Waals surface area contributed by atoms with Crippen LogP contribution in [0.5, 0.6) is 0 Å². The van der Waals surface area contributed by atoms with Gasteiger partial charge in [-0.3, -0.25) is 5.10 Å². The second-order valence-corrected chi connectivity index (χ2v) is 1.89. The summed E-state index contributed by atoms with van der Waals surface area (Å²) in [4.78, 5) is 0. The van der Waals surface area contributed by atoms with Crippen LogP contribution in [0.4, 0.5) is 0 Å². The second-order valence-electron chi connectivity index (χ2n) is 1.89. The molecular formula is C6H9N3O. The van der Waals surface area contributed by atoms with Crippen molar-refractivity contribution in [2.45, 2.75) is 12.8 Å². The average Bonchev–Trinajstić information content (AvgIpc) is 2.41. The SMILES string of the molecule is OC=CCCc1c[nH]nn1. The molecular weight excluding hydrogens is 130 g/mol. The van der Waals surface area contributed by atoms with Crippen LogP contribution in [0.1, 0.15) is 12.1 Å². The first-order valence-electron chi connectivity index (χ1n) is 3.08. The van der Waals surface area contributed by atoms with Gasteiger partial charge in [0.25, 0.3) is 0 Å². The fourth-order valence-corrected chi connectivity index (χ4v) is 0.653. The third kappa shape index (κ3) is 1.89. The molecule has 10 heavy (non-hydrogen) atoms. The molecule has 0 aliphatic rings. The van der Waals surface area contributed by atoms with Crippen LogP contribution in [0.2, 0.25) is 0 Å². The first kappa shape index (κ1) is 6.80. The zero-order valence-corrected chi connectivity index (χ0v) is 5.49. The zero-order chi connectivity index (χ0) is 7.23. The van der Waals surface area contributed by atoms with Gasteiger partial charge in [0.15, 0.2) is 0 Å². The molecule has 0 radical (unpaired) electrons. The maximum absolute atomic E-state index is 8.27. The highest BCUT2D eigenvalue weighted by molar-refractivity contribution is 4.92. The van der Waals surface area contributed by atoms with Gasteiger partial charge in [0, 0.05) is 6.20 Å². The maximum atomic E-state index is 8.27. The predicted octanol–water partition coefficient (Wildman–Crippen LogP) is 0.809. The number of aromatic nitrogens is 3. The molecule has 0 saturated heterocycles. The lowest BCUT2D eigenvalue weighted by molar-refractivity contribution is 0.470. The number of nitrogens with one attached hydrogen (secondary N) is 1. The molecule has 1 rings (SSSR count). The van der Waals surface area contributed by atoms with E-state index in [0.717, 1.165) is 24.8 Å². The van der Waals surface area contributed by atoms with Crippen molar-refractivity contribution in [3.05, 3.63) is 24.2 Å². The van der Waals surface area contributed by atoms with Crippen molar-refractivity contribution in [1.82, 2.24) is 15.4 Å². The fraction of sp³-hybridized carbons (Fsp3) is 0.333. The summed E-state index contributed by atoms with van der Waals surface area (Å²) in [6, 6.07) is 0. The quantitative estimate of drug-likeness (QED) is 0.609. The highest BCUT2D eigenvalue weighted by Crippen LogP contribution is 1.95. The molecule has 0 atom stereocenters. The number of nitrogens with zero attached hydrogens (tertiary/aromatic N) is 2. The molecule has 0 saturated carbocycles. The molecule has 0 bridgehead atoms. The maximum Gasteiger partial charge on any atom is 0.0827 e. The minimum Gasteiger partial charge on any atom is -0.516 e. The van der Waals surface area contributed by atoms with Gasteiger partial charge in [0.05, 0.1) is 12.0 Å². The van der Waals surface area contributed by atoms with E-state index in [1.54, 1.807) is 12.3 Å². The Morgan fingerprint density at radius 3 is 3.20 bits per heavy atom. The van der Waals surface area contributed by atoms with E-state index < -0.39 is 0 Å². The summed E-state index contributed by atoms with van der Waals surface area (Å²) >= 11 is 0. The number of aliphatic hydroxyl groups is 1. The number of hydrogen-bond acceptors (Lipinski definition) is 3. The van der Waals surface area contributed by atoms with Crippen LogP contribution < -0.4 is 0 Å². The second kappa shape index (κ2) is 3.66. The van der Waals surface area contributed by atoms with Gasteiger partial charge in [0.1, 0.15) is 0 Å². The molecule has 0 amide bonds. The van der Waals surface area contributed by atoms with E-state index in [4.69, 9.17) is 5.11 Å². The van der Waals surface area contributed by atoms with E-state index >= 15 is 0 Å². The van der Waals surface area contributed by atoms with Crippen molar-refractivity contribution < 1.29 is 5.11 Å². The minimum absolute atomic E-state index is 0.795. The van der Waals surface area contributed by atoms with Gasteiger partial charge in [-0.1, -0.05) is 5.21 Å². The average molecular weight is 139 g/mol. The van der Waals surface area contributed by atoms with Crippen molar-refractivity contribution in [3.8, 4) is 0 Å². The van der Waals surface area contributed by atoms with E-state index in [2.05, 4.69) is 15.4 Å². The largest absolute Gasteiger partial charge is 0.516 e. The van der Waals surface area contributed by atoms with Crippen LogP contribution in [0, 0.1) is 0 Å². The zero-order valence-electron chi connectivity index (χ0n) is 5.49. The molecule has 1 aromatic heterocycles. The molecule has 2 N–H and O–H groups in total. The Morgan fingerprint density at radius 1 is 1.70 bits per heavy atom. The molecule has 0 spiro atoms. The van der Waals surface area contributed by atoms with Crippen LogP contribution >= 0.6 is 0 Å². The molecule has 0 aliphatic heterocycles. The summed E-state index contributed by atoms with van der Waals surface area (Å²) in [6.07, 6.45) is 6.07. The summed E-state index contributed by atoms with van der Waals surface area (Å²) < 4.78 is 0. The number of aliphatic hydroxyl groups excluding tert-OH is 1.